The lowest BCUT2D eigenvalue weighted by molar-refractivity contribution is -0.143. The van der Waals surface area contributed by atoms with Gasteiger partial charge in [0.25, 0.3) is 0 Å². The van der Waals surface area contributed by atoms with Crippen molar-refractivity contribution < 1.29 is 38.3 Å². The molecular formula is C39H62N4O8. The Morgan fingerprint density at radius 3 is 2.06 bits per heavy atom. The van der Waals surface area contributed by atoms with Gasteiger partial charge in [-0.25, -0.2) is 4.79 Å². The van der Waals surface area contributed by atoms with Crippen LogP contribution in [-0.2, 0) is 33.5 Å². The maximum absolute atomic E-state index is 13.8. The zero-order valence-corrected chi connectivity index (χ0v) is 32.4. The van der Waals surface area contributed by atoms with Crippen LogP contribution in [0.15, 0.2) is 30.3 Å². The molecule has 1 aliphatic rings. The fraction of sp³-hybridized carbons (Fsp3) is 0.667. The van der Waals surface area contributed by atoms with Crippen molar-refractivity contribution in [2.24, 2.45) is 17.3 Å². The summed E-state index contributed by atoms with van der Waals surface area (Å²) < 4.78 is 5.44. The second kappa shape index (κ2) is 22.0. The number of alkyl carbamates (subject to hydrolysis) is 1. The third-order valence-electron chi connectivity index (χ3n) is 8.77. The Morgan fingerprint density at radius 2 is 1.53 bits per heavy atom. The van der Waals surface area contributed by atoms with E-state index in [4.69, 9.17) is 4.74 Å². The van der Waals surface area contributed by atoms with Crippen LogP contribution >= 0.6 is 0 Å². The van der Waals surface area contributed by atoms with E-state index in [-0.39, 0.29) is 37.1 Å². The number of benzene rings is 1. The first kappa shape index (κ1) is 44.9. The van der Waals surface area contributed by atoms with Crippen LogP contribution < -0.4 is 16.0 Å². The predicted octanol–water partition coefficient (Wildman–Crippen LogP) is 5.48. The summed E-state index contributed by atoms with van der Waals surface area (Å²) in [7, 11) is 1.45. The zero-order chi connectivity index (χ0) is 38.9. The SMILES string of the molecule is CCC.CCCC(CC(=O)[C@@H]1CCCN1C(=O)C(NC(=O)OC(C)C(C)C)C(C)(C)C)C(=O)C(=O)CCC(=O)N[C@H](C(=O)NC)c1ccccc1. The Hall–Kier alpha value is -4.09. The number of rotatable bonds is 17. The molecule has 3 unspecified atom stereocenters. The van der Waals surface area contributed by atoms with Crippen molar-refractivity contribution in [1.29, 1.82) is 0 Å². The van der Waals surface area contributed by atoms with Crippen molar-refractivity contribution in [3.63, 3.8) is 0 Å². The van der Waals surface area contributed by atoms with E-state index in [0.717, 1.165) is 0 Å². The number of nitrogens with one attached hydrogen (secondary N) is 3. The molecule has 0 aliphatic carbocycles. The van der Waals surface area contributed by atoms with Crippen LogP contribution in [0.5, 0.6) is 0 Å². The minimum atomic E-state index is -0.959. The highest BCUT2D eigenvalue weighted by Gasteiger charge is 2.43. The van der Waals surface area contributed by atoms with Gasteiger partial charge in [0, 0.05) is 38.8 Å². The fourth-order valence-corrected chi connectivity index (χ4v) is 5.59. The molecule has 12 heteroatoms. The topological polar surface area (TPSA) is 168 Å². The van der Waals surface area contributed by atoms with Gasteiger partial charge in [-0.1, -0.05) is 98.6 Å². The summed E-state index contributed by atoms with van der Waals surface area (Å²) in [5.74, 6) is -4.01. The van der Waals surface area contributed by atoms with Gasteiger partial charge in [-0.2, -0.15) is 0 Å². The first-order valence-corrected chi connectivity index (χ1v) is 18.4. The van der Waals surface area contributed by atoms with E-state index in [1.165, 1.54) is 18.4 Å². The van der Waals surface area contributed by atoms with Crippen LogP contribution in [0.4, 0.5) is 4.79 Å². The summed E-state index contributed by atoms with van der Waals surface area (Å²) in [4.78, 5) is 92.9. The average Bonchev–Trinajstić information content (AvgIpc) is 3.58. The van der Waals surface area contributed by atoms with E-state index in [2.05, 4.69) is 29.8 Å². The van der Waals surface area contributed by atoms with Gasteiger partial charge in [0.2, 0.25) is 23.5 Å². The zero-order valence-electron chi connectivity index (χ0n) is 32.4. The van der Waals surface area contributed by atoms with Crippen molar-refractivity contribution in [3.05, 3.63) is 35.9 Å². The molecule has 1 aliphatic heterocycles. The van der Waals surface area contributed by atoms with Gasteiger partial charge in [-0.15, -0.1) is 0 Å². The molecule has 4 amide bonds. The van der Waals surface area contributed by atoms with Crippen LogP contribution in [-0.4, -0.2) is 77.8 Å². The molecule has 0 radical (unpaired) electrons. The lowest BCUT2D eigenvalue weighted by Crippen LogP contribution is -2.57. The first-order valence-electron chi connectivity index (χ1n) is 18.4. The molecule has 12 nitrogen and oxygen atoms in total. The number of Topliss-reactive ketones (excluding diaryl/α,β-unsaturated/α-hetero) is 3. The Bertz CT molecular complexity index is 1320. The predicted molar refractivity (Wildman–Crippen MR) is 197 cm³/mol. The third kappa shape index (κ3) is 14.6. The van der Waals surface area contributed by atoms with Crippen molar-refractivity contribution >= 4 is 41.2 Å². The second-order valence-corrected chi connectivity index (χ2v) is 14.7. The molecule has 0 spiro atoms. The van der Waals surface area contributed by atoms with E-state index >= 15 is 0 Å². The molecule has 1 aromatic rings. The summed E-state index contributed by atoms with van der Waals surface area (Å²) in [6.07, 6.45) is 1.12. The molecule has 1 fully saturated rings. The van der Waals surface area contributed by atoms with Crippen LogP contribution in [0.25, 0.3) is 0 Å². The Labute approximate surface area is 304 Å². The van der Waals surface area contributed by atoms with Crippen LogP contribution in [0, 0.1) is 17.3 Å². The number of carbonyl (C=O) groups is 7. The minimum absolute atomic E-state index is 0.0870. The highest BCUT2D eigenvalue weighted by molar-refractivity contribution is 6.38. The van der Waals surface area contributed by atoms with Gasteiger partial charge in [-0.05, 0) is 43.1 Å². The van der Waals surface area contributed by atoms with Gasteiger partial charge < -0.3 is 25.6 Å². The van der Waals surface area contributed by atoms with Gasteiger partial charge in [0.15, 0.2) is 11.6 Å². The van der Waals surface area contributed by atoms with E-state index < -0.39 is 64.8 Å². The van der Waals surface area contributed by atoms with Crippen molar-refractivity contribution in [2.75, 3.05) is 13.6 Å². The molecule has 1 aromatic carbocycles. The number of amides is 4. The average molecular weight is 715 g/mol. The second-order valence-electron chi connectivity index (χ2n) is 14.7. The maximum Gasteiger partial charge on any atom is 0.408 e. The largest absolute Gasteiger partial charge is 0.446 e. The number of hydrogen-bond donors (Lipinski definition) is 3. The Balaban J connectivity index is 0.00000418. The quantitative estimate of drug-likeness (QED) is 0.179. The number of likely N-dealkylation sites (N-methyl/N-ethyl adjacent to an activating group) is 1. The van der Waals surface area contributed by atoms with Crippen molar-refractivity contribution in [1.82, 2.24) is 20.9 Å². The van der Waals surface area contributed by atoms with E-state index in [1.54, 1.807) is 37.3 Å². The summed E-state index contributed by atoms with van der Waals surface area (Å²) in [5, 5.41) is 7.84. The molecule has 2 rings (SSSR count). The molecule has 0 aromatic heterocycles. The first-order chi connectivity index (χ1) is 23.9. The lowest BCUT2D eigenvalue weighted by Gasteiger charge is -2.35. The normalized spacial score (nSPS) is 16.5. The lowest BCUT2D eigenvalue weighted by atomic mass is 9.85. The van der Waals surface area contributed by atoms with E-state index in [9.17, 15) is 33.6 Å². The molecule has 286 valence electrons. The van der Waals surface area contributed by atoms with Crippen molar-refractivity contribution in [2.45, 2.75) is 138 Å². The molecule has 0 bridgehead atoms. The van der Waals surface area contributed by atoms with E-state index in [1.807, 2.05) is 41.5 Å². The van der Waals surface area contributed by atoms with Gasteiger partial charge in [-0.3, -0.25) is 28.8 Å². The minimum Gasteiger partial charge on any atom is -0.446 e. The van der Waals surface area contributed by atoms with Crippen LogP contribution in [0.2, 0.25) is 0 Å². The molecule has 0 saturated carbocycles. The van der Waals surface area contributed by atoms with Crippen LogP contribution in [0.3, 0.4) is 0 Å². The number of likely N-dealkylation sites (tertiary alicyclic amines) is 1. The summed E-state index contributed by atoms with van der Waals surface area (Å²) in [6, 6.07) is 5.94. The van der Waals surface area contributed by atoms with Gasteiger partial charge in [0.1, 0.15) is 18.2 Å². The fourth-order valence-electron chi connectivity index (χ4n) is 5.59. The molecule has 1 heterocycles. The van der Waals surface area contributed by atoms with Crippen LogP contribution in [0.1, 0.15) is 125 Å². The maximum atomic E-state index is 13.8. The number of ether oxygens (including phenoxy) is 1. The third-order valence-corrected chi connectivity index (χ3v) is 8.77. The molecule has 51 heavy (non-hydrogen) atoms. The van der Waals surface area contributed by atoms with Gasteiger partial charge >= 0.3 is 6.09 Å². The summed E-state index contributed by atoms with van der Waals surface area (Å²) in [5.41, 5.74) is -0.118. The number of carbonyl (C=O) groups excluding carboxylic acids is 7. The standard InChI is InChI=1S/C36H54N4O8.C3H8/c1-9-14-25(31(44)27(41)18-19-29(43)38-30(33(45)37-8)24-15-11-10-12-16-24)21-28(42)26-17-13-20-40(26)34(46)32(36(5,6)7)39-35(47)48-23(4)22(2)3;1-3-2/h10-12,15-16,22-23,25-26,30,32H,9,13-14,17-21H2,1-8H3,(H,37,45)(H,38,43)(H,39,47);3H2,1-2H3/t23?,25?,26-,30-,32?;/m0./s1. The molecule has 3 N–H and O–H groups in total. The number of nitrogens with zero attached hydrogens (tertiary/aromatic N) is 1. The molecule has 5 atom stereocenters. The number of ketones is 3. The summed E-state index contributed by atoms with van der Waals surface area (Å²) in [6.45, 7) is 17.5. The van der Waals surface area contributed by atoms with E-state index in [0.29, 0.717) is 37.8 Å². The smallest absolute Gasteiger partial charge is 0.408 e. The molecule has 1 saturated heterocycles. The monoisotopic (exact) mass is 714 g/mol. The Morgan fingerprint density at radius 1 is 0.922 bits per heavy atom. The highest BCUT2D eigenvalue weighted by atomic mass is 16.6. The molecular weight excluding hydrogens is 652 g/mol. The highest BCUT2D eigenvalue weighted by Crippen LogP contribution is 2.28. The summed E-state index contributed by atoms with van der Waals surface area (Å²) >= 11 is 0. The van der Waals surface area contributed by atoms with Crippen molar-refractivity contribution in [3.8, 4) is 0 Å². The van der Waals surface area contributed by atoms with Gasteiger partial charge in [0.05, 0.1) is 6.04 Å². The number of hydrogen-bond acceptors (Lipinski definition) is 8. The Kier molecular flexibility index (Phi) is 19.4.